The third-order valence-electron chi connectivity index (χ3n) is 8.41. The van der Waals surface area contributed by atoms with Gasteiger partial charge in [-0.1, -0.05) is 40.0 Å². The van der Waals surface area contributed by atoms with Crippen molar-refractivity contribution in [3.63, 3.8) is 0 Å². The summed E-state index contributed by atoms with van der Waals surface area (Å²) in [6.07, 6.45) is 5.33. The molecule has 5 amide bonds. The molecule has 0 aromatic heterocycles. The number of rotatable bonds is 11. The van der Waals surface area contributed by atoms with Gasteiger partial charge in [0, 0.05) is 19.2 Å². The number of hydrazone groups is 1. The zero-order chi connectivity index (χ0) is 34.7. The Bertz CT molecular complexity index is 1210. The first-order valence-corrected chi connectivity index (χ1v) is 16.6. The molecule has 2 saturated heterocycles. The van der Waals surface area contributed by atoms with E-state index in [1.165, 1.54) is 13.1 Å². The smallest absolute Gasteiger partial charge is 0.330 e. The van der Waals surface area contributed by atoms with Crippen molar-refractivity contribution in [3.05, 3.63) is 0 Å². The van der Waals surface area contributed by atoms with Gasteiger partial charge < -0.3 is 25.8 Å². The number of nitrogens with one attached hydrogen (secondary N) is 4. The van der Waals surface area contributed by atoms with Gasteiger partial charge in [-0.05, 0) is 51.4 Å². The van der Waals surface area contributed by atoms with Crippen LogP contribution in [0.25, 0.3) is 0 Å². The number of hydrogen-bond acceptors (Lipinski definition) is 10. The lowest BCUT2D eigenvalue weighted by Gasteiger charge is -2.36. The highest BCUT2D eigenvalue weighted by Crippen LogP contribution is 2.21. The van der Waals surface area contributed by atoms with Gasteiger partial charge in [-0.25, -0.2) is 15.2 Å². The topological polar surface area (TPSA) is 216 Å². The van der Waals surface area contributed by atoms with Crippen molar-refractivity contribution in [1.29, 1.82) is 0 Å². The monoisotopic (exact) mass is 663 g/mol. The normalized spacial score (nSPS) is 26.5. The molecule has 5 N–H and O–H groups in total. The molecule has 3 rings (SSSR count). The zero-order valence-electron chi connectivity index (χ0n) is 27.7. The molecule has 262 valence electrons. The van der Waals surface area contributed by atoms with E-state index in [0.717, 1.165) is 22.9 Å². The van der Waals surface area contributed by atoms with Crippen LogP contribution in [0.5, 0.6) is 0 Å². The number of ether oxygens (including phenoxy) is 1. The number of carbonyl (C=O) groups is 7. The number of carboxylic acids is 1. The van der Waals surface area contributed by atoms with Gasteiger partial charge in [0.1, 0.15) is 36.8 Å². The minimum Gasteiger partial charge on any atom is -0.481 e. The van der Waals surface area contributed by atoms with Crippen LogP contribution in [-0.4, -0.2) is 106 Å². The highest BCUT2D eigenvalue weighted by atomic mass is 16.5. The second kappa shape index (κ2) is 17.7. The Kier molecular flexibility index (Phi) is 14.1. The largest absolute Gasteiger partial charge is 0.481 e. The third-order valence-corrected chi connectivity index (χ3v) is 8.41. The molecule has 47 heavy (non-hydrogen) atoms. The number of nitrogens with zero attached hydrogens (tertiary/aromatic N) is 3. The van der Waals surface area contributed by atoms with Crippen LogP contribution in [0.4, 0.5) is 0 Å². The van der Waals surface area contributed by atoms with E-state index in [1.54, 1.807) is 0 Å². The number of esters is 1. The van der Waals surface area contributed by atoms with Crippen LogP contribution in [0, 0.1) is 11.8 Å². The van der Waals surface area contributed by atoms with Gasteiger partial charge in [-0.2, -0.15) is 5.10 Å². The van der Waals surface area contributed by atoms with Crippen LogP contribution in [0.15, 0.2) is 5.10 Å². The molecule has 0 radical (unpaired) electrons. The minimum absolute atomic E-state index is 0.0389. The summed E-state index contributed by atoms with van der Waals surface area (Å²) in [5.41, 5.74) is 2.89. The first-order valence-electron chi connectivity index (χ1n) is 16.6. The number of carbonyl (C=O) groups excluding carboxylic acids is 6. The highest BCUT2D eigenvalue weighted by Gasteiger charge is 2.40. The molecule has 3 aliphatic rings. The highest BCUT2D eigenvalue weighted by molar-refractivity contribution is 5.97. The Hall–Kier alpha value is -4.08. The quantitative estimate of drug-likeness (QED) is 0.150. The average Bonchev–Trinajstić information content (AvgIpc) is 3.04. The summed E-state index contributed by atoms with van der Waals surface area (Å²) in [5, 5.41) is 23.7. The minimum atomic E-state index is -1.46. The Balaban J connectivity index is 1.84. The number of cyclic esters (lactones) is 1. The van der Waals surface area contributed by atoms with Gasteiger partial charge >= 0.3 is 11.9 Å². The summed E-state index contributed by atoms with van der Waals surface area (Å²) in [7, 11) is 0. The van der Waals surface area contributed by atoms with Gasteiger partial charge in [0.25, 0.3) is 5.91 Å². The summed E-state index contributed by atoms with van der Waals surface area (Å²) < 4.78 is 5.49. The van der Waals surface area contributed by atoms with Crippen molar-refractivity contribution in [2.75, 3.05) is 13.2 Å². The van der Waals surface area contributed by atoms with E-state index in [4.69, 9.17) is 4.74 Å². The van der Waals surface area contributed by atoms with Crippen molar-refractivity contribution < 1.29 is 43.4 Å². The van der Waals surface area contributed by atoms with E-state index in [1.807, 2.05) is 20.8 Å². The van der Waals surface area contributed by atoms with Crippen molar-refractivity contribution in [2.24, 2.45) is 16.9 Å². The van der Waals surface area contributed by atoms with Crippen LogP contribution in [0.2, 0.25) is 0 Å². The number of carboxylic acid groups (broad SMARTS) is 1. The first-order chi connectivity index (χ1) is 22.3. The first kappa shape index (κ1) is 37.4. The molecule has 0 spiro atoms. The Morgan fingerprint density at radius 1 is 1.11 bits per heavy atom. The fourth-order valence-corrected chi connectivity index (χ4v) is 5.78. The molecule has 6 atom stereocenters. The predicted molar refractivity (Wildman–Crippen MR) is 168 cm³/mol. The maximum absolute atomic E-state index is 13.6. The summed E-state index contributed by atoms with van der Waals surface area (Å²) in [5.74, 6) is -6.25. The fourth-order valence-electron chi connectivity index (χ4n) is 5.78. The fraction of sp³-hybridized carbons (Fsp3) is 0.742. The van der Waals surface area contributed by atoms with Crippen molar-refractivity contribution >= 4 is 47.7 Å². The summed E-state index contributed by atoms with van der Waals surface area (Å²) >= 11 is 0. The molecule has 16 heteroatoms. The van der Waals surface area contributed by atoms with Gasteiger partial charge in [0.15, 0.2) is 0 Å². The van der Waals surface area contributed by atoms with Crippen LogP contribution >= 0.6 is 0 Å². The summed E-state index contributed by atoms with van der Waals surface area (Å²) in [6, 6.07) is -5.73. The number of aliphatic carboxylic acids is 1. The van der Waals surface area contributed by atoms with Crippen LogP contribution in [0.1, 0.15) is 91.9 Å². The number of unbranched alkanes of at least 4 members (excludes halogenated alkanes) is 2. The standard InChI is InChI=1S/C31H49N7O9/c1-5-6-7-10-20(30(44)45)16-25(39)37-23(11-8-13-32-37)28(42)36-22-17-47-31(46)24-12-9-14-33-38(24)29(43)19(4)34-26(40)21(15-18(2)3)35-27(22)41/h13,18-24,33H,5-12,14-17H2,1-4H3,(H,34,40)(H,35,41)(H,36,42)(H,44,45)/t19-,20+,21+,22-,23-,24-/m0/s1. The van der Waals surface area contributed by atoms with Gasteiger partial charge in [-0.3, -0.25) is 33.8 Å². The number of amides is 5. The Morgan fingerprint density at radius 3 is 2.53 bits per heavy atom. The van der Waals surface area contributed by atoms with Crippen LogP contribution < -0.4 is 21.4 Å². The van der Waals surface area contributed by atoms with Gasteiger partial charge in [-0.15, -0.1) is 0 Å². The summed E-state index contributed by atoms with van der Waals surface area (Å²) in [4.78, 5) is 92.1. The van der Waals surface area contributed by atoms with E-state index in [0.29, 0.717) is 32.2 Å². The molecule has 0 aliphatic carbocycles. The zero-order valence-corrected chi connectivity index (χ0v) is 27.7. The van der Waals surface area contributed by atoms with Gasteiger partial charge in [0.05, 0.1) is 5.92 Å². The second-order valence-electron chi connectivity index (χ2n) is 12.8. The lowest BCUT2D eigenvalue weighted by molar-refractivity contribution is -0.162. The van der Waals surface area contributed by atoms with Crippen LogP contribution in [-0.2, 0) is 38.3 Å². The molecule has 16 nitrogen and oxygen atoms in total. The molecule has 3 aliphatic heterocycles. The second-order valence-corrected chi connectivity index (χ2v) is 12.8. The van der Waals surface area contributed by atoms with Crippen LogP contribution in [0.3, 0.4) is 0 Å². The van der Waals surface area contributed by atoms with Crippen molar-refractivity contribution in [2.45, 2.75) is 122 Å². The van der Waals surface area contributed by atoms with E-state index in [-0.39, 0.29) is 31.6 Å². The molecular weight excluding hydrogens is 614 g/mol. The molecule has 0 aromatic carbocycles. The number of fused-ring (bicyclic) bond motifs is 1. The van der Waals surface area contributed by atoms with E-state index < -0.39 is 84.2 Å². The number of hydrogen-bond donors (Lipinski definition) is 5. The maximum atomic E-state index is 13.6. The lowest BCUT2D eigenvalue weighted by Crippen LogP contribution is -2.61. The average molecular weight is 664 g/mol. The molecular formula is C31H49N7O9. The Labute approximate surface area is 274 Å². The van der Waals surface area contributed by atoms with E-state index in [9.17, 15) is 38.7 Å². The molecule has 3 heterocycles. The maximum Gasteiger partial charge on any atom is 0.330 e. The number of hydrazine groups is 1. The Morgan fingerprint density at radius 2 is 1.85 bits per heavy atom. The van der Waals surface area contributed by atoms with Crippen molar-refractivity contribution in [3.8, 4) is 0 Å². The molecule has 0 unspecified atom stereocenters. The predicted octanol–water partition coefficient (Wildman–Crippen LogP) is 0.207. The summed E-state index contributed by atoms with van der Waals surface area (Å²) in [6.45, 7) is 7.00. The third kappa shape index (κ3) is 10.5. The molecule has 0 aromatic rings. The van der Waals surface area contributed by atoms with E-state index >= 15 is 0 Å². The lowest BCUT2D eigenvalue weighted by atomic mass is 9.97. The SMILES string of the molecule is CCCCC[C@H](CC(=O)N1N=CCC[C@H]1C(=O)N[C@H]1COC(=O)[C@@H]2CCCNN2C(=O)[C@H](C)NC(=O)[C@@H](CC(C)C)NC1=O)C(=O)O. The van der Waals surface area contributed by atoms with Gasteiger partial charge in [0.2, 0.25) is 23.6 Å². The molecule has 0 saturated carbocycles. The molecule has 2 fully saturated rings. The molecule has 0 bridgehead atoms. The van der Waals surface area contributed by atoms with E-state index in [2.05, 4.69) is 26.5 Å². The van der Waals surface area contributed by atoms with Crippen molar-refractivity contribution in [1.82, 2.24) is 31.4 Å².